The zero-order chi connectivity index (χ0) is 17.8. The van der Waals surface area contributed by atoms with E-state index in [9.17, 15) is 14.0 Å². The number of hydrogen-bond acceptors (Lipinski definition) is 3. The van der Waals surface area contributed by atoms with Crippen LogP contribution >= 0.6 is 15.9 Å². The van der Waals surface area contributed by atoms with Gasteiger partial charge in [-0.25, -0.2) is 9.07 Å². The molecular formula is C18H13BrFN3O2. The molecule has 1 aromatic heterocycles. The van der Waals surface area contributed by atoms with Crippen LogP contribution in [0, 0.1) is 5.82 Å². The van der Waals surface area contributed by atoms with Crippen molar-refractivity contribution in [2.75, 3.05) is 5.32 Å². The molecule has 0 saturated carbocycles. The number of rotatable bonds is 4. The van der Waals surface area contributed by atoms with Gasteiger partial charge in [0, 0.05) is 21.8 Å². The molecule has 0 aliphatic rings. The van der Waals surface area contributed by atoms with Crippen molar-refractivity contribution >= 4 is 27.5 Å². The Kier molecular flexibility index (Phi) is 5.04. The van der Waals surface area contributed by atoms with Crippen LogP contribution in [0.2, 0.25) is 0 Å². The molecule has 0 spiro atoms. The van der Waals surface area contributed by atoms with E-state index in [1.165, 1.54) is 18.2 Å². The molecule has 3 rings (SSSR count). The van der Waals surface area contributed by atoms with E-state index in [0.717, 1.165) is 9.15 Å². The van der Waals surface area contributed by atoms with Crippen molar-refractivity contribution in [3.63, 3.8) is 0 Å². The summed E-state index contributed by atoms with van der Waals surface area (Å²) in [7, 11) is 0. The highest BCUT2D eigenvalue weighted by atomic mass is 79.9. The van der Waals surface area contributed by atoms with Crippen molar-refractivity contribution in [1.82, 2.24) is 9.78 Å². The first-order valence-corrected chi connectivity index (χ1v) is 8.21. The molecule has 0 radical (unpaired) electrons. The fraction of sp³-hybridized carbons (Fsp3) is 0.0556. The van der Waals surface area contributed by atoms with Crippen LogP contribution in [-0.2, 0) is 11.3 Å². The first-order chi connectivity index (χ1) is 12.0. The Bertz CT molecular complexity index is 971. The maximum atomic E-state index is 13.9. The summed E-state index contributed by atoms with van der Waals surface area (Å²) in [5.41, 5.74) is 0.719. The second kappa shape index (κ2) is 7.40. The molecule has 126 valence electrons. The number of nitrogens with zero attached hydrogens (tertiary/aromatic N) is 2. The second-order valence-electron chi connectivity index (χ2n) is 5.25. The van der Waals surface area contributed by atoms with E-state index >= 15 is 0 Å². The molecule has 2 aromatic carbocycles. The maximum Gasteiger partial charge on any atom is 0.267 e. The Morgan fingerprint density at radius 1 is 1.08 bits per heavy atom. The summed E-state index contributed by atoms with van der Waals surface area (Å²) in [6.45, 7) is -0.267. The monoisotopic (exact) mass is 401 g/mol. The lowest BCUT2D eigenvalue weighted by Gasteiger charge is -2.09. The number of hydrogen-bond donors (Lipinski definition) is 1. The normalized spacial score (nSPS) is 10.5. The SMILES string of the molecule is O=C(Cn1nc(-c2ccccc2F)ccc1=O)Nc1ccc(Br)cc1. The lowest BCUT2D eigenvalue weighted by Crippen LogP contribution is -2.29. The van der Waals surface area contributed by atoms with E-state index in [2.05, 4.69) is 26.3 Å². The highest BCUT2D eigenvalue weighted by molar-refractivity contribution is 9.10. The molecule has 0 unspecified atom stereocenters. The summed E-state index contributed by atoms with van der Waals surface area (Å²) in [6, 6.07) is 15.9. The molecular weight excluding hydrogens is 389 g/mol. The third-order valence-corrected chi connectivity index (χ3v) is 3.97. The Hall–Kier alpha value is -2.80. The van der Waals surface area contributed by atoms with Crippen LogP contribution < -0.4 is 10.9 Å². The van der Waals surface area contributed by atoms with Gasteiger partial charge in [0.05, 0.1) is 5.69 Å². The molecule has 0 atom stereocenters. The van der Waals surface area contributed by atoms with Crippen LogP contribution in [-0.4, -0.2) is 15.7 Å². The van der Waals surface area contributed by atoms with Gasteiger partial charge < -0.3 is 5.32 Å². The molecule has 0 saturated heterocycles. The minimum absolute atomic E-state index is 0.267. The van der Waals surface area contributed by atoms with Crippen molar-refractivity contribution in [3.05, 3.63) is 81.3 Å². The summed E-state index contributed by atoms with van der Waals surface area (Å²) in [5, 5.41) is 6.78. The lowest BCUT2D eigenvalue weighted by molar-refractivity contribution is -0.117. The van der Waals surface area contributed by atoms with Crippen LogP contribution in [0.5, 0.6) is 0 Å². The maximum absolute atomic E-state index is 13.9. The summed E-state index contributed by atoms with van der Waals surface area (Å²) in [4.78, 5) is 24.1. The van der Waals surface area contributed by atoms with Gasteiger partial charge >= 0.3 is 0 Å². The third-order valence-electron chi connectivity index (χ3n) is 3.44. The predicted octanol–water partition coefficient (Wildman–Crippen LogP) is 3.45. The molecule has 1 N–H and O–H groups in total. The zero-order valence-corrected chi connectivity index (χ0v) is 14.5. The van der Waals surface area contributed by atoms with Crippen molar-refractivity contribution in [1.29, 1.82) is 0 Å². The van der Waals surface area contributed by atoms with E-state index in [0.29, 0.717) is 5.69 Å². The number of amides is 1. The largest absolute Gasteiger partial charge is 0.324 e. The smallest absolute Gasteiger partial charge is 0.267 e. The van der Waals surface area contributed by atoms with Crippen molar-refractivity contribution < 1.29 is 9.18 Å². The molecule has 1 amide bonds. The number of aromatic nitrogens is 2. The zero-order valence-electron chi connectivity index (χ0n) is 12.9. The van der Waals surface area contributed by atoms with E-state index < -0.39 is 17.3 Å². The first kappa shape index (κ1) is 17.0. The van der Waals surface area contributed by atoms with Gasteiger partial charge in [-0.2, -0.15) is 5.10 Å². The molecule has 1 heterocycles. The minimum atomic E-state index is -0.445. The van der Waals surface area contributed by atoms with Gasteiger partial charge in [0.25, 0.3) is 5.56 Å². The van der Waals surface area contributed by atoms with Crippen LogP contribution in [0.4, 0.5) is 10.1 Å². The molecule has 3 aromatic rings. The van der Waals surface area contributed by atoms with Crippen LogP contribution in [0.1, 0.15) is 0 Å². The van der Waals surface area contributed by atoms with Gasteiger partial charge in [-0.3, -0.25) is 9.59 Å². The quantitative estimate of drug-likeness (QED) is 0.727. The highest BCUT2D eigenvalue weighted by Gasteiger charge is 2.10. The average molecular weight is 402 g/mol. The molecule has 0 fully saturated rings. The van der Waals surface area contributed by atoms with Crippen LogP contribution in [0.25, 0.3) is 11.3 Å². The first-order valence-electron chi connectivity index (χ1n) is 7.41. The van der Waals surface area contributed by atoms with Gasteiger partial charge in [-0.1, -0.05) is 28.1 Å². The molecule has 25 heavy (non-hydrogen) atoms. The van der Waals surface area contributed by atoms with Crippen molar-refractivity contribution in [3.8, 4) is 11.3 Å². The van der Waals surface area contributed by atoms with Crippen molar-refractivity contribution in [2.45, 2.75) is 6.54 Å². The second-order valence-corrected chi connectivity index (χ2v) is 6.17. The van der Waals surface area contributed by atoms with Gasteiger partial charge in [0.1, 0.15) is 12.4 Å². The topological polar surface area (TPSA) is 64.0 Å². The van der Waals surface area contributed by atoms with Gasteiger partial charge in [-0.05, 0) is 42.5 Å². The van der Waals surface area contributed by atoms with E-state index in [4.69, 9.17) is 0 Å². The highest BCUT2D eigenvalue weighted by Crippen LogP contribution is 2.19. The standard InChI is InChI=1S/C18H13BrFN3O2/c19-12-5-7-13(8-6-12)21-17(24)11-23-18(25)10-9-16(22-23)14-3-1-2-4-15(14)20/h1-10H,11H2,(H,21,24). The summed E-state index contributed by atoms with van der Waals surface area (Å²) in [5.74, 6) is -0.845. The third kappa shape index (κ3) is 4.19. The van der Waals surface area contributed by atoms with Gasteiger partial charge in [0.15, 0.2) is 0 Å². The number of carbonyl (C=O) groups is 1. The Morgan fingerprint density at radius 2 is 1.80 bits per heavy atom. The van der Waals surface area contributed by atoms with Gasteiger partial charge in [-0.15, -0.1) is 0 Å². The van der Waals surface area contributed by atoms with Gasteiger partial charge in [0.2, 0.25) is 5.91 Å². The summed E-state index contributed by atoms with van der Waals surface area (Å²) >= 11 is 3.31. The molecule has 0 bridgehead atoms. The Balaban J connectivity index is 1.81. The van der Waals surface area contributed by atoms with E-state index in [-0.39, 0.29) is 17.8 Å². The number of anilines is 1. The number of carbonyl (C=O) groups excluding carboxylic acids is 1. The number of benzene rings is 2. The fourth-order valence-corrected chi connectivity index (χ4v) is 2.51. The lowest BCUT2D eigenvalue weighted by atomic mass is 10.1. The number of halogens is 2. The summed E-state index contributed by atoms with van der Waals surface area (Å²) in [6.07, 6.45) is 0. The molecule has 5 nitrogen and oxygen atoms in total. The molecule has 7 heteroatoms. The van der Waals surface area contributed by atoms with Crippen molar-refractivity contribution in [2.24, 2.45) is 0 Å². The van der Waals surface area contributed by atoms with Crippen LogP contribution in [0.15, 0.2) is 69.9 Å². The predicted molar refractivity (Wildman–Crippen MR) is 96.7 cm³/mol. The molecule has 0 aliphatic heterocycles. The fourth-order valence-electron chi connectivity index (χ4n) is 2.24. The number of nitrogens with one attached hydrogen (secondary N) is 1. The minimum Gasteiger partial charge on any atom is -0.324 e. The van der Waals surface area contributed by atoms with Crippen LogP contribution in [0.3, 0.4) is 0 Å². The van der Waals surface area contributed by atoms with E-state index in [1.54, 1.807) is 42.5 Å². The molecule has 0 aliphatic carbocycles. The van der Waals surface area contributed by atoms with E-state index in [1.807, 2.05) is 0 Å². The summed E-state index contributed by atoms with van der Waals surface area (Å²) < 4.78 is 15.8. The Labute approximate surface area is 151 Å². The Morgan fingerprint density at radius 3 is 2.52 bits per heavy atom. The average Bonchev–Trinajstić information content (AvgIpc) is 2.59.